The summed E-state index contributed by atoms with van der Waals surface area (Å²) in [7, 11) is 0. The number of halogens is 1. The molecule has 152 valence electrons. The van der Waals surface area contributed by atoms with Gasteiger partial charge in [-0.2, -0.15) is 5.10 Å². The first-order valence-corrected chi connectivity index (χ1v) is 9.84. The van der Waals surface area contributed by atoms with Crippen LogP contribution in [-0.4, -0.2) is 37.3 Å². The molecular formula is C22H20FN5O2. The molecule has 0 aliphatic carbocycles. The maximum absolute atomic E-state index is 13.8. The second kappa shape index (κ2) is 7.07. The molecule has 0 radical (unpaired) electrons. The maximum atomic E-state index is 13.8. The van der Waals surface area contributed by atoms with E-state index >= 15 is 0 Å². The highest BCUT2D eigenvalue weighted by molar-refractivity contribution is 5.94. The number of nitrogens with zero attached hydrogens (tertiary/aromatic N) is 2. The van der Waals surface area contributed by atoms with Gasteiger partial charge in [-0.25, -0.2) is 9.37 Å². The Morgan fingerprint density at radius 2 is 2.13 bits per heavy atom. The number of carbonyl (C=O) groups is 1. The molecule has 8 heteroatoms. The summed E-state index contributed by atoms with van der Waals surface area (Å²) < 4.78 is 13.8. The highest BCUT2D eigenvalue weighted by Crippen LogP contribution is 2.32. The summed E-state index contributed by atoms with van der Waals surface area (Å²) in [6.45, 7) is 2.47. The fourth-order valence-electron chi connectivity index (χ4n) is 4.03. The number of rotatable bonds is 4. The summed E-state index contributed by atoms with van der Waals surface area (Å²) in [6, 6.07) is 10.1. The Morgan fingerprint density at radius 3 is 2.93 bits per heavy atom. The predicted molar refractivity (Wildman–Crippen MR) is 110 cm³/mol. The van der Waals surface area contributed by atoms with Gasteiger partial charge in [0, 0.05) is 18.4 Å². The zero-order chi connectivity index (χ0) is 20.8. The van der Waals surface area contributed by atoms with Gasteiger partial charge in [0.05, 0.1) is 16.9 Å². The molecule has 0 amide bonds. The topological polar surface area (TPSA) is 107 Å². The van der Waals surface area contributed by atoms with Gasteiger partial charge in [0.15, 0.2) is 5.82 Å². The monoisotopic (exact) mass is 405 g/mol. The van der Waals surface area contributed by atoms with Crippen molar-refractivity contribution in [3.63, 3.8) is 0 Å². The minimum atomic E-state index is -0.883. The minimum Gasteiger partial charge on any atom is -0.480 e. The number of imidazole rings is 1. The van der Waals surface area contributed by atoms with Crippen LogP contribution < -0.4 is 5.32 Å². The first-order chi connectivity index (χ1) is 14.5. The third-order valence-electron chi connectivity index (χ3n) is 5.64. The predicted octanol–water partition coefficient (Wildman–Crippen LogP) is 3.42. The van der Waals surface area contributed by atoms with Crippen molar-refractivity contribution in [1.82, 2.24) is 25.5 Å². The molecule has 0 saturated carbocycles. The summed E-state index contributed by atoms with van der Waals surface area (Å²) >= 11 is 0. The lowest BCUT2D eigenvalue weighted by Crippen LogP contribution is -2.41. The van der Waals surface area contributed by atoms with E-state index < -0.39 is 12.0 Å². The van der Waals surface area contributed by atoms with Gasteiger partial charge in [0.2, 0.25) is 0 Å². The molecule has 1 aliphatic heterocycles. The second-order valence-corrected chi connectivity index (χ2v) is 7.47. The number of aryl methyl sites for hydroxylation is 1. The van der Waals surface area contributed by atoms with Crippen molar-refractivity contribution in [2.45, 2.75) is 32.4 Å². The molecule has 1 aliphatic rings. The summed E-state index contributed by atoms with van der Waals surface area (Å²) in [5.74, 6) is -0.541. The van der Waals surface area contributed by atoms with Gasteiger partial charge >= 0.3 is 5.97 Å². The van der Waals surface area contributed by atoms with E-state index in [0.717, 1.165) is 45.4 Å². The van der Waals surface area contributed by atoms with E-state index in [-0.39, 0.29) is 5.82 Å². The normalized spacial score (nSPS) is 16.0. The molecule has 1 unspecified atom stereocenters. The fraction of sp³-hybridized carbons (Fsp3) is 0.227. The van der Waals surface area contributed by atoms with Gasteiger partial charge in [-0.15, -0.1) is 0 Å². The van der Waals surface area contributed by atoms with Crippen molar-refractivity contribution in [2.75, 3.05) is 0 Å². The van der Waals surface area contributed by atoms with Gasteiger partial charge in [-0.3, -0.25) is 15.2 Å². The van der Waals surface area contributed by atoms with E-state index in [1.165, 1.54) is 6.07 Å². The zero-order valence-electron chi connectivity index (χ0n) is 16.3. The highest BCUT2D eigenvalue weighted by Gasteiger charge is 2.27. The van der Waals surface area contributed by atoms with Crippen LogP contribution in [0.2, 0.25) is 0 Å². The standard InChI is InChI=1S/C22H20FN5O2/c1-2-11-3-5-13(23)8-15(11)12-4-6-14-16(7-12)27-28-20(14)21-25-17-9-18(22(29)30)24-10-19(17)26-21/h3-8,18,24H,2,9-10H2,1H3,(H,25,26)(H,27,28)(H,29,30). The van der Waals surface area contributed by atoms with Crippen LogP contribution in [0.25, 0.3) is 33.5 Å². The number of hydrogen-bond donors (Lipinski definition) is 4. The molecule has 2 aromatic heterocycles. The molecule has 1 atom stereocenters. The molecule has 0 spiro atoms. The summed E-state index contributed by atoms with van der Waals surface area (Å²) in [5, 5.41) is 20.6. The van der Waals surface area contributed by atoms with Gasteiger partial charge in [0.1, 0.15) is 17.6 Å². The molecule has 4 N–H and O–H groups in total. The average Bonchev–Trinajstić information content (AvgIpc) is 3.36. The second-order valence-electron chi connectivity index (χ2n) is 7.47. The Hall–Kier alpha value is -3.52. The van der Waals surface area contributed by atoms with Crippen LogP contribution in [0.1, 0.15) is 23.9 Å². The van der Waals surface area contributed by atoms with Crippen molar-refractivity contribution in [1.29, 1.82) is 0 Å². The third kappa shape index (κ3) is 3.05. The Kier molecular flexibility index (Phi) is 4.36. The molecule has 0 fully saturated rings. The number of nitrogens with one attached hydrogen (secondary N) is 3. The molecule has 0 bridgehead atoms. The van der Waals surface area contributed by atoms with Crippen LogP contribution in [0.15, 0.2) is 36.4 Å². The lowest BCUT2D eigenvalue weighted by atomic mass is 9.97. The smallest absolute Gasteiger partial charge is 0.321 e. The van der Waals surface area contributed by atoms with Gasteiger partial charge in [0.25, 0.3) is 0 Å². The van der Waals surface area contributed by atoms with Crippen molar-refractivity contribution in [3.05, 3.63) is 59.2 Å². The lowest BCUT2D eigenvalue weighted by molar-refractivity contribution is -0.139. The molecule has 3 heterocycles. The Balaban J connectivity index is 1.53. The molecule has 4 aromatic rings. The number of fused-ring (bicyclic) bond motifs is 2. The van der Waals surface area contributed by atoms with E-state index in [0.29, 0.717) is 24.5 Å². The quantitative estimate of drug-likeness (QED) is 0.416. The van der Waals surface area contributed by atoms with E-state index in [2.05, 4.69) is 25.5 Å². The number of hydrogen-bond acceptors (Lipinski definition) is 4. The zero-order valence-corrected chi connectivity index (χ0v) is 16.3. The van der Waals surface area contributed by atoms with Crippen LogP contribution in [0.4, 0.5) is 4.39 Å². The van der Waals surface area contributed by atoms with E-state index in [1.54, 1.807) is 6.07 Å². The lowest BCUT2D eigenvalue weighted by Gasteiger charge is -2.18. The molecule has 30 heavy (non-hydrogen) atoms. The first-order valence-electron chi connectivity index (χ1n) is 9.84. The fourth-order valence-corrected chi connectivity index (χ4v) is 4.03. The maximum Gasteiger partial charge on any atom is 0.321 e. The number of aliphatic carboxylic acids is 1. The molecule has 5 rings (SSSR count). The number of benzene rings is 2. The van der Waals surface area contributed by atoms with Crippen molar-refractivity contribution in [2.24, 2.45) is 0 Å². The highest BCUT2D eigenvalue weighted by atomic mass is 19.1. The first kappa shape index (κ1) is 18.5. The molecule has 7 nitrogen and oxygen atoms in total. The van der Waals surface area contributed by atoms with Gasteiger partial charge in [-0.1, -0.05) is 19.1 Å². The summed E-state index contributed by atoms with van der Waals surface area (Å²) in [5.41, 5.74) is 5.99. The van der Waals surface area contributed by atoms with Crippen LogP contribution in [-0.2, 0) is 24.2 Å². The van der Waals surface area contributed by atoms with Crippen molar-refractivity contribution < 1.29 is 14.3 Å². The SMILES string of the molecule is CCc1ccc(F)cc1-c1ccc2c(-c3nc4c([nH]3)CNC(C(=O)O)C4)n[nH]c2c1. The minimum absolute atomic E-state index is 0.262. The van der Waals surface area contributed by atoms with Crippen LogP contribution in [0, 0.1) is 5.82 Å². The molecular weight excluding hydrogens is 385 g/mol. The molecule has 2 aromatic carbocycles. The number of H-pyrrole nitrogens is 2. The average molecular weight is 405 g/mol. The number of carboxylic acids is 1. The third-order valence-corrected chi connectivity index (χ3v) is 5.64. The number of aromatic amines is 2. The van der Waals surface area contributed by atoms with Crippen LogP contribution in [0.5, 0.6) is 0 Å². The number of carboxylic acid groups (broad SMARTS) is 1. The van der Waals surface area contributed by atoms with Crippen molar-refractivity contribution >= 4 is 16.9 Å². The van der Waals surface area contributed by atoms with Gasteiger partial charge < -0.3 is 10.1 Å². The van der Waals surface area contributed by atoms with E-state index in [9.17, 15) is 14.3 Å². The largest absolute Gasteiger partial charge is 0.480 e. The summed E-state index contributed by atoms with van der Waals surface area (Å²) in [6.07, 6.45) is 1.14. The van der Waals surface area contributed by atoms with E-state index in [4.69, 9.17) is 0 Å². The summed E-state index contributed by atoms with van der Waals surface area (Å²) in [4.78, 5) is 19.1. The van der Waals surface area contributed by atoms with Crippen molar-refractivity contribution in [3.8, 4) is 22.6 Å². The Morgan fingerprint density at radius 1 is 1.27 bits per heavy atom. The number of aromatic nitrogens is 4. The molecule has 0 saturated heterocycles. The van der Waals surface area contributed by atoms with Crippen LogP contribution in [0.3, 0.4) is 0 Å². The Labute approximate surface area is 171 Å². The van der Waals surface area contributed by atoms with E-state index in [1.807, 2.05) is 31.2 Å². The van der Waals surface area contributed by atoms with Gasteiger partial charge in [-0.05, 0) is 47.4 Å². The van der Waals surface area contributed by atoms with Crippen LogP contribution >= 0.6 is 0 Å². The Bertz CT molecular complexity index is 1280.